The topological polar surface area (TPSA) is 45.7 Å². The molecule has 150 valence electrons. The molecule has 2 heterocycles. The molecule has 4 rings (SSSR count). The fourth-order valence-electron chi connectivity index (χ4n) is 3.18. The maximum Gasteiger partial charge on any atom is 0.258 e. The molecule has 2 aromatic carbocycles. The number of benzene rings is 2. The smallest absolute Gasteiger partial charge is 0.258 e. The number of hydrogen-bond acceptors (Lipinski definition) is 5. The second-order valence-corrected chi connectivity index (χ2v) is 7.79. The number of aryl methyl sites for hydroxylation is 1. The van der Waals surface area contributed by atoms with Gasteiger partial charge < -0.3 is 14.5 Å². The van der Waals surface area contributed by atoms with E-state index in [-0.39, 0.29) is 11.7 Å². The number of nitrogens with zero attached hydrogens (tertiary/aromatic N) is 3. The summed E-state index contributed by atoms with van der Waals surface area (Å²) in [6, 6.07) is 13.4. The molecule has 1 aromatic heterocycles. The molecule has 5 nitrogen and oxygen atoms in total. The van der Waals surface area contributed by atoms with Crippen LogP contribution in [0.3, 0.4) is 0 Å². The molecule has 1 saturated heterocycles. The fraction of sp³-hybridized carbons (Fsp3) is 0.273. The van der Waals surface area contributed by atoms with Gasteiger partial charge >= 0.3 is 0 Å². The number of morpholine rings is 1. The number of halogens is 1. The summed E-state index contributed by atoms with van der Waals surface area (Å²) in [5, 5.41) is 2.91. The summed E-state index contributed by atoms with van der Waals surface area (Å²) < 4.78 is 18.8. The number of carbonyl (C=O) groups is 1. The van der Waals surface area contributed by atoms with Gasteiger partial charge in [-0.05, 0) is 43.3 Å². The second-order valence-electron chi connectivity index (χ2n) is 6.95. The number of ether oxygens (including phenoxy) is 1. The molecule has 7 heteroatoms. The number of hydrogen-bond donors (Lipinski definition) is 0. The molecule has 0 unspecified atom stereocenters. The Bertz CT molecular complexity index is 966. The van der Waals surface area contributed by atoms with E-state index in [0.29, 0.717) is 31.0 Å². The SMILES string of the molecule is Cc1ccc(C(=O)N(Cc2csc(N3CCOCC3)n2)c2ccc(F)cc2)cc1. The predicted molar refractivity (Wildman–Crippen MR) is 113 cm³/mol. The Hall–Kier alpha value is -2.77. The molecule has 29 heavy (non-hydrogen) atoms. The van der Waals surface area contributed by atoms with Gasteiger partial charge in [0.1, 0.15) is 5.82 Å². The highest BCUT2D eigenvalue weighted by Crippen LogP contribution is 2.25. The zero-order valence-corrected chi connectivity index (χ0v) is 17.0. The van der Waals surface area contributed by atoms with E-state index in [9.17, 15) is 9.18 Å². The number of thiazole rings is 1. The third-order valence-electron chi connectivity index (χ3n) is 4.82. The maximum absolute atomic E-state index is 13.4. The lowest BCUT2D eigenvalue weighted by molar-refractivity contribution is 0.0985. The third kappa shape index (κ3) is 4.63. The van der Waals surface area contributed by atoms with Crippen molar-refractivity contribution in [3.63, 3.8) is 0 Å². The van der Waals surface area contributed by atoms with Gasteiger partial charge in [0.2, 0.25) is 0 Å². The normalized spacial score (nSPS) is 14.1. The molecule has 1 amide bonds. The van der Waals surface area contributed by atoms with Crippen LogP contribution in [-0.4, -0.2) is 37.2 Å². The fourth-order valence-corrected chi connectivity index (χ4v) is 4.05. The highest BCUT2D eigenvalue weighted by molar-refractivity contribution is 7.13. The van der Waals surface area contributed by atoms with Gasteiger partial charge in [-0.2, -0.15) is 0 Å². The van der Waals surface area contributed by atoms with Gasteiger partial charge in [0.05, 0.1) is 25.5 Å². The largest absolute Gasteiger partial charge is 0.378 e. The summed E-state index contributed by atoms with van der Waals surface area (Å²) in [5.41, 5.74) is 3.12. The number of aromatic nitrogens is 1. The molecule has 0 bridgehead atoms. The highest BCUT2D eigenvalue weighted by atomic mass is 32.1. The van der Waals surface area contributed by atoms with E-state index in [1.807, 2.05) is 36.6 Å². The van der Waals surface area contributed by atoms with Crippen molar-refractivity contribution in [1.82, 2.24) is 4.98 Å². The van der Waals surface area contributed by atoms with Crippen molar-refractivity contribution in [3.8, 4) is 0 Å². The first-order valence-corrected chi connectivity index (χ1v) is 10.4. The summed E-state index contributed by atoms with van der Waals surface area (Å²) in [4.78, 5) is 21.8. The molecule has 1 aliphatic heterocycles. The summed E-state index contributed by atoms with van der Waals surface area (Å²) in [6.45, 7) is 5.33. The van der Waals surface area contributed by atoms with Crippen molar-refractivity contribution < 1.29 is 13.9 Å². The Kier molecular flexibility index (Phi) is 5.87. The second kappa shape index (κ2) is 8.71. The summed E-state index contributed by atoms with van der Waals surface area (Å²) in [7, 11) is 0. The Morgan fingerprint density at radius 3 is 2.52 bits per heavy atom. The van der Waals surface area contributed by atoms with Crippen molar-refractivity contribution in [2.45, 2.75) is 13.5 Å². The van der Waals surface area contributed by atoms with E-state index in [1.54, 1.807) is 28.4 Å². The van der Waals surface area contributed by atoms with E-state index in [1.165, 1.54) is 12.1 Å². The molecule has 1 aliphatic rings. The van der Waals surface area contributed by atoms with Crippen LogP contribution in [0.4, 0.5) is 15.2 Å². The molecule has 1 fully saturated rings. The minimum atomic E-state index is -0.334. The molecular weight excluding hydrogens is 389 g/mol. The molecule has 3 aromatic rings. The zero-order chi connectivity index (χ0) is 20.2. The number of anilines is 2. The standard InChI is InChI=1S/C22H22FN3O2S/c1-16-2-4-17(5-3-16)21(27)26(20-8-6-18(23)7-9-20)14-19-15-29-22(24-19)25-10-12-28-13-11-25/h2-9,15H,10-14H2,1H3. The van der Waals surface area contributed by atoms with Gasteiger partial charge in [0.15, 0.2) is 5.13 Å². The van der Waals surface area contributed by atoms with Gasteiger partial charge in [-0.3, -0.25) is 4.79 Å². The number of rotatable bonds is 5. The van der Waals surface area contributed by atoms with Crippen LogP contribution >= 0.6 is 11.3 Å². The zero-order valence-electron chi connectivity index (χ0n) is 16.2. The Balaban J connectivity index is 1.60. The van der Waals surface area contributed by atoms with Gasteiger partial charge in [-0.1, -0.05) is 17.7 Å². The molecule has 0 N–H and O–H groups in total. The Morgan fingerprint density at radius 1 is 1.14 bits per heavy atom. The first kappa shape index (κ1) is 19.5. The van der Waals surface area contributed by atoms with Crippen LogP contribution in [-0.2, 0) is 11.3 Å². The molecule has 0 aliphatic carbocycles. The molecule has 0 saturated carbocycles. The van der Waals surface area contributed by atoms with Crippen LogP contribution in [0.1, 0.15) is 21.6 Å². The van der Waals surface area contributed by atoms with E-state index < -0.39 is 0 Å². The van der Waals surface area contributed by atoms with Crippen LogP contribution in [0.5, 0.6) is 0 Å². The van der Waals surface area contributed by atoms with Crippen molar-refractivity contribution in [2.75, 3.05) is 36.1 Å². The summed E-state index contributed by atoms with van der Waals surface area (Å²) in [5.74, 6) is -0.475. The van der Waals surface area contributed by atoms with E-state index >= 15 is 0 Å². The van der Waals surface area contributed by atoms with Crippen molar-refractivity contribution in [1.29, 1.82) is 0 Å². The molecular formula is C22H22FN3O2S. The van der Waals surface area contributed by atoms with Gasteiger partial charge in [-0.25, -0.2) is 9.37 Å². The van der Waals surface area contributed by atoms with Crippen molar-refractivity contribution in [2.24, 2.45) is 0 Å². The first-order valence-electron chi connectivity index (χ1n) is 9.51. The molecule has 0 atom stereocenters. The minimum Gasteiger partial charge on any atom is -0.378 e. The number of carbonyl (C=O) groups excluding carboxylic acids is 1. The van der Waals surface area contributed by atoms with Gasteiger partial charge in [-0.15, -0.1) is 11.3 Å². The van der Waals surface area contributed by atoms with Gasteiger partial charge in [0.25, 0.3) is 5.91 Å². The maximum atomic E-state index is 13.4. The molecule has 0 spiro atoms. The quantitative estimate of drug-likeness (QED) is 0.629. The van der Waals surface area contributed by atoms with Crippen LogP contribution in [0.15, 0.2) is 53.9 Å². The highest BCUT2D eigenvalue weighted by Gasteiger charge is 2.21. The average Bonchev–Trinajstić information content (AvgIpc) is 3.22. The lowest BCUT2D eigenvalue weighted by Gasteiger charge is -2.26. The van der Waals surface area contributed by atoms with Crippen LogP contribution in [0.2, 0.25) is 0 Å². The minimum absolute atomic E-state index is 0.141. The summed E-state index contributed by atoms with van der Waals surface area (Å²) >= 11 is 1.57. The third-order valence-corrected chi connectivity index (χ3v) is 5.77. The molecule has 0 radical (unpaired) electrons. The van der Waals surface area contributed by atoms with Crippen LogP contribution in [0.25, 0.3) is 0 Å². The van der Waals surface area contributed by atoms with Crippen LogP contribution in [0, 0.1) is 12.7 Å². The average molecular weight is 412 g/mol. The Morgan fingerprint density at radius 2 is 1.83 bits per heavy atom. The van der Waals surface area contributed by atoms with Gasteiger partial charge in [0, 0.05) is 29.7 Å². The van der Waals surface area contributed by atoms with E-state index in [0.717, 1.165) is 29.5 Å². The lowest BCUT2D eigenvalue weighted by atomic mass is 10.1. The monoisotopic (exact) mass is 411 g/mol. The van der Waals surface area contributed by atoms with Crippen LogP contribution < -0.4 is 9.80 Å². The summed E-state index contributed by atoms with van der Waals surface area (Å²) in [6.07, 6.45) is 0. The van der Waals surface area contributed by atoms with E-state index in [4.69, 9.17) is 9.72 Å². The Labute approximate surface area is 173 Å². The number of amides is 1. The van der Waals surface area contributed by atoms with E-state index in [2.05, 4.69) is 4.90 Å². The van der Waals surface area contributed by atoms with Crippen molar-refractivity contribution in [3.05, 3.63) is 76.5 Å². The lowest BCUT2D eigenvalue weighted by Crippen LogP contribution is -2.36. The first-order chi connectivity index (χ1) is 14.1. The predicted octanol–water partition coefficient (Wildman–Crippen LogP) is 4.27. The van der Waals surface area contributed by atoms with Crippen molar-refractivity contribution >= 4 is 28.1 Å².